The van der Waals surface area contributed by atoms with Crippen LogP contribution in [0.25, 0.3) is 0 Å². The molecule has 0 saturated carbocycles. The van der Waals surface area contributed by atoms with Gasteiger partial charge in [0, 0.05) is 24.7 Å². The van der Waals surface area contributed by atoms with Crippen LogP contribution in [0.5, 0.6) is 0 Å². The highest BCUT2D eigenvalue weighted by molar-refractivity contribution is 6.30. The predicted octanol–water partition coefficient (Wildman–Crippen LogP) is 2.65. The first kappa shape index (κ1) is 16.0. The van der Waals surface area contributed by atoms with E-state index in [1.54, 1.807) is 6.92 Å². The van der Waals surface area contributed by atoms with Gasteiger partial charge >= 0.3 is 5.97 Å². The molecule has 0 fully saturated rings. The van der Waals surface area contributed by atoms with E-state index < -0.39 is 12.1 Å². The van der Waals surface area contributed by atoms with E-state index in [1.807, 2.05) is 31.3 Å². The number of carboxylic acids is 1. The van der Waals surface area contributed by atoms with Gasteiger partial charge in [-0.1, -0.05) is 23.7 Å². The molecule has 0 amide bonds. The van der Waals surface area contributed by atoms with Gasteiger partial charge in [-0.3, -0.25) is 0 Å². The van der Waals surface area contributed by atoms with Gasteiger partial charge in [-0.2, -0.15) is 0 Å². The third kappa shape index (κ3) is 6.05. The van der Waals surface area contributed by atoms with Gasteiger partial charge in [0.2, 0.25) is 0 Å². The average Bonchev–Trinajstić information content (AvgIpc) is 2.34. The summed E-state index contributed by atoms with van der Waals surface area (Å²) in [4.78, 5) is 13.0. The van der Waals surface area contributed by atoms with Crippen molar-refractivity contribution in [1.29, 1.82) is 0 Å². The molecule has 0 spiro atoms. The van der Waals surface area contributed by atoms with Crippen LogP contribution in [-0.2, 0) is 16.1 Å². The maximum Gasteiger partial charge on any atom is 0.332 e. The van der Waals surface area contributed by atoms with Gasteiger partial charge in [0.15, 0.2) is 6.10 Å². The van der Waals surface area contributed by atoms with Crippen LogP contribution in [0.15, 0.2) is 24.3 Å². The molecule has 106 valence electrons. The Labute approximate surface area is 118 Å². The molecular weight excluding hydrogens is 266 g/mol. The second-order valence-electron chi connectivity index (χ2n) is 4.44. The maximum atomic E-state index is 10.9. The highest BCUT2D eigenvalue weighted by Crippen LogP contribution is 2.12. The highest BCUT2D eigenvalue weighted by atomic mass is 35.5. The van der Waals surface area contributed by atoms with Crippen molar-refractivity contribution < 1.29 is 14.6 Å². The Morgan fingerprint density at radius 3 is 2.84 bits per heavy atom. The molecule has 1 aromatic carbocycles. The smallest absolute Gasteiger partial charge is 0.332 e. The number of ether oxygens (including phenoxy) is 1. The van der Waals surface area contributed by atoms with E-state index in [-0.39, 0.29) is 0 Å². The molecule has 1 N–H and O–H groups in total. The molecule has 1 aromatic rings. The van der Waals surface area contributed by atoms with Crippen LogP contribution in [0.3, 0.4) is 0 Å². The van der Waals surface area contributed by atoms with Crippen molar-refractivity contribution in [2.24, 2.45) is 0 Å². The van der Waals surface area contributed by atoms with E-state index in [4.69, 9.17) is 21.4 Å². The highest BCUT2D eigenvalue weighted by Gasteiger charge is 2.17. The van der Waals surface area contributed by atoms with Crippen molar-refractivity contribution in [2.45, 2.75) is 26.0 Å². The van der Waals surface area contributed by atoms with Gasteiger partial charge in [0.05, 0.1) is 0 Å². The Morgan fingerprint density at radius 1 is 1.53 bits per heavy atom. The lowest BCUT2D eigenvalue weighted by atomic mass is 10.2. The molecule has 0 aliphatic rings. The maximum absolute atomic E-state index is 10.9. The fraction of sp³-hybridized carbons (Fsp3) is 0.500. The molecule has 19 heavy (non-hydrogen) atoms. The topological polar surface area (TPSA) is 49.8 Å². The lowest BCUT2D eigenvalue weighted by Gasteiger charge is -2.19. The van der Waals surface area contributed by atoms with E-state index in [0.29, 0.717) is 24.6 Å². The molecule has 0 aliphatic heterocycles. The van der Waals surface area contributed by atoms with E-state index in [9.17, 15) is 4.79 Å². The van der Waals surface area contributed by atoms with Gasteiger partial charge in [0.1, 0.15) is 0 Å². The van der Waals surface area contributed by atoms with Crippen molar-refractivity contribution in [3.8, 4) is 0 Å². The molecule has 0 saturated heterocycles. The van der Waals surface area contributed by atoms with Gasteiger partial charge in [-0.25, -0.2) is 4.79 Å². The Morgan fingerprint density at radius 2 is 2.26 bits per heavy atom. The Balaban J connectivity index is 2.42. The summed E-state index contributed by atoms with van der Waals surface area (Å²) < 4.78 is 5.18. The number of carboxylic acid groups (broad SMARTS) is 1. The number of aliphatic carboxylic acids is 1. The van der Waals surface area contributed by atoms with Crippen LogP contribution < -0.4 is 0 Å². The van der Waals surface area contributed by atoms with Crippen LogP contribution in [0, 0.1) is 0 Å². The summed E-state index contributed by atoms with van der Waals surface area (Å²) in [6, 6.07) is 7.65. The number of rotatable bonds is 8. The molecule has 5 heteroatoms. The van der Waals surface area contributed by atoms with Crippen LogP contribution in [0.4, 0.5) is 0 Å². The van der Waals surface area contributed by atoms with Gasteiger partial charge < -0.3 is 14.7 Å². The standard InChI is InChI=1S/C14H20ClNO3/c1-3-19-13(14(17)18)7-8-16(2)10-11-5-4-6-12(15)9-11/h4-6,9,13H,3,7-8,10H2,1-2H3,(H,17,18). The molecule has 1 unspecified atom stereocenters. The molecule has 4 nitrogen and oxygen atoms in total. The summed E-state index contributed by atoms with van der Waals surface area (Å²) in [5.74, 6) is -0.905. The van der Waals surface area contributed by atoms with Crippen molar-refractivity contribution in [3.63, 3.8) is 0 Å². The number of carbonyl (C=O) groups is 1. The average molecular weight is 286 g/mol. The molecule has 0 bridgehead atoms. The van der Waals surface area contributed by atoms with Crippen LogP contribution in [0.1, 0.15) is 18.9 Å². The van der Waals surface area contributed by atoms with Crippen molar-refractivity contribution in [3.05, 3.63) is 34.9 Å². The first-order chi connectivity index (χ1) is 9.02. The minimum atomic E-state index is -0.905. The number of nitrogens with zero attached hydrogens (tertiary/aromatic N) is 1. The first-order valence-corrected chi connectivity index (χ1v) is 6.68. The lowest BCUT2D eigenvalue weighted by Crippen LogP contribution is -2.29. The van der Waals surface area contributed by atoms with Gasteiger partial charge in [-0.15, -0.1) is 0 Å². The molecule has 0 aliphatic carbocycles. The molecule has 1 atom stereocenters. The fourth-order valence-corrected chi connectivity index (χ4v) is 2.06. The van der Waals surface area contributed by atoms with Crippen LogP contribution in [-0.4, -0.2) is 42.3 Å². The lowest BCUT2D eigenvalue weighted by molar-refractivity contribution is -0.150. The minimum absolute atomic E-state index is 0.412. The van der Waals surface area contributed by atoms with Crippen molar-refractivity contribution in [1.82, 2.24) is 4.90 Å². The summed E-state index contributed by atoms with van der Waals surface area (Å²) in [7, 11) is 1.95. The molecule has 0 aromatic heterocycles. The molecule has 1 rings (SSSR count). The molecular formula is C14H20ClNO3. The van der Waals surface area contributed by atoms with E-state index in [2.05, 4.69) is 4.90 Å². The second-order valence-corrected chi connectivity index (χ2v) is 4.88. The van der Waals surface area contributed by atoms with Crippen molar-refractivity contribution >= 4 is 17.6 Å². The zero-order chi connectivity index (χ0) is 14.3. The van der Waals surface area contributed by atoms with Gasteiger partial charge in [-0.05, 0) is 38.1 Å². The van der Waals surface area contributed by atoms with Crippen LogP contribution >= 0.6 is 11.6 Å². The Bertz CT molecular complexity index is 411. The summed E-state index contributed by atoms with van der Waals surface area (Å²) in [5, 5.41) is 9.69. The summed E-state index contributed by atoms with van der Waals surface area (Å²) in [5.41, 5.74) is 1.11. The normalized spacial score (nSPS) is 12.6. The zero-order valence-corrected chi connectivity index (χ0v) is 12.1. The Hall–Kier alpha value is -1.10. The first-order valence-electron chi connectivity index (χ1n) is 6.30. The monoisotopic (exact) mass is 285 g/mol. The summed E-state index contributed by atoms with van der Waals surface area (Å²) in [6.45, 7) is 3.60. The zero-order valence-electron chi connectivity index (χ0n) is 11.3. The summed E-state index contributed by atoms with van der Waals surface area (Å²) >= 11 is 5.92. The SMILES string of the molecule is CCOC(CCN(C)Cc1cccc(Cl)c1)C(=O)O. The fourth-order valence-electron chi connectivity index (χ4n) is 1.84. The minimum Gasteiger partial charge on any atom is -0.479 e. The van der Waals surface area contributed by atoms with Crippen molar-refractivity contribution in [2.75, 3.05) is 20.2 Å². The third-order valence-electron chi connectivity index (χ3n) is 2.76. The second kappa shape index (κ2) is 8.15. The number of hydrogen-bond acceptors (Lipinski definition) is 3. The van der Waals surface area contributed by atoms with Crippen LogP contribution in [0.2, 0.25) is 5.02 Å². The molecule has 0 radical (unpaired) electrons. The van der Waals surface area contributed by atoms with E-state index in [0.717, 1.165) is 12.1 Å². The molecule has 0 heterocycles. The number of halogens is 1. The largest absolute Gasteiger partial charge is 0.479 e. The van der Waals surface area contributed by atoms with E-state index >= 15 is 0 Å². The number of hydrogen-bond donors (Lipinski definition) is 1. The third-order valence-corrected chi connectivity index (χ3v) is 2.99. The predicted molar refractivity (Wildman–Crippen MR) is 75.5 cm³/mol. The Kier molecular flexibility index (Phi) is 6.84. The summed E-state index contributed by atoms with van der Waals surface area (Å²) in [6.07, 6.45) is -0.257. The number of benzene rings is 1. The quantitative estimate of drug-likeness (QED) is 0.798. The van der Waals surface area contributed by atoms with E-state index in [1.165, 1.54) is 0 Å². The van der Waals surface area contributed by atoms with Gasteiger partial charge in [0.25, 0.3) is 0 Å².